The van der Waals surface area contributed by atoms with Gasteiger partial charge in [0.2, 0.25) is 11.9 Å². The number of aliphatic imine (C=N–C) groups is 1. The lowest BCUT2D eigenvalue weighted by Crippen LogP contribution is -2.46. The minimum Gasteiger partial charge on any atom is -0.378 e. The van der Waals surface area contributed by atoms with Crippen LogP contribution in [0, 0.1) is 0 Å². The lowest BCUT2D eigenvalue weighted by atomic mass is 10.1. The third-order valence-corrected chi connectivity index (χ3v) is 4.08. The van der Waals surface area contributed by atoms with E-state index in [2.05, 4.69) is 15.6 Å². The van der Waals surface area contributed by atoms with E-state index in [1.165, 1.54) is 6.92 Å². The van der Waals surface area contributed by atoms with Crippen molar-refractivity contribution in [3.05, 3.63) is 29.8 Å². The molecule has 25 heavy (non-hydrogen) atoms. The van der Waals surface area contributed by atoms with Crippen molar-refractivity contribution in [3.63, 3.8) is 0 Å². The number of Topliss-reactive ketones (excluding diaryl/α,β-unsaturated/α-hetero) is 1. The van der Waals surface area contributed by atoms with Crippen LogP contribution in [-0.4, -0.2) is 60.8 Å². The molecule has 0 spiro atoms. The van der Waals surface area contributed by atoms with Gasteiger partial charge < -0.3 is 15.0 Å². The Bertz CT molecular complexity index is 708. The monoisotopic (exact) mass is 344 g/mol. The second kappa shape index (κ2) is 7.43. The fourth-order valence-corrected chi connectivity index (χ4v) is 2.68. The number of ketones is 1. The highest BCUT2D eigenvalue weighted by atomic mass is 16.5. The number of anilines is 1. The number of morpholine rings is 1. The molecule has 1 fully saturated rings. The van der Waals surface area contributed by atoms with E-state index in [1.54, 1.807) is 24.3 Å². The van der Waals surface area contributed by atoms with Crippen LogP contribution in [0.25, 0.3) is 0 Å². The third-order valence-electron chi connectivity index (χ3n) is 4.08. The molecule has 0 radical (unpaired) electrons. The van der Waals surface area contributed by atoms with Crippen molar-refractivity contribution in [1.29, 1.82) is 0 Å². The molecule has 1 aromatic carbocycles. The fraction of sp³-hybridized carbons (Fsp3) is 0.412. The van der Waals surface area contributed by atoms with Crippen LogP contribution in [0.5, 0.6) is 0 Å². The number of carbonyl (C=O) groups excluding carboxylic acids is 3. The van der Waals surface area contributed by atoms with Gasteiger partial charge in [-0.15, -0.1) is 0 Å². The van der Waals surface area contributed by atoms with Crippen LogP contribution in [0.15, 0.2) is 29.3 Å². The van der Waals surface area contributed by atoms with E-state index >= 15 is 0 Å². The van der Waals surface area contributed by atoms with Crippen molar-refractivity contribution >= 4 is 29.2 Å². The number of ether oxygens (including phenoxy) is 1. The average molecular weight is 344 g/mol. The molecular formula is C17H20N4O4. The normalized spacial score (nSPS) is 20.0. The molecule has 1 aromatic rings. The standard InChI is InChI=1S/C17H20N4O4/c1-11(22)12-2-4-13(5-3-12)18-15(23)10-14-16(24)20-17(19-14)21-6-8-25-9-7-21/h2-5,14H,6-10H2,1H3,(H,18,23)(H,19,20,24)/t14-/m0/s1. The van der Waals surface area contributed by atoms with E-state index in [1.807, 2.05) is 4.90 Å². The van der Waals surface area contributed by atoms with Gasteiger partial charge in [-0.3, -0.25) is 19.7 Å². The first-order valence-corrected chi connectivity index (χ1v) is 8.15. The molecule has 2 amide bonds. The lowest BCUT2D eigenvalue weighted by molar-refractivity contribution is -0.124. The quantitative estimate of drug-likeness (QED) is 0.771. The predicted octanol–water partition coefficient (Wildman–Crippen LogP) is 0.404. The number of nitrogens with zero attached hydrogens (tertiary/aromatic N) is 2. The van der Waals surface area contributed by atoms with Gasteiger partial charge >= 0.3 is 0 Å². The molecule has 2 aliphatic heterocycles. The summed E-state index contributed by atoms with van der Waals surface area (Å²) < 4.78 is 5.27. The van der Waals surface area contributed by atoms with Crippen molar-refractivity contribution < 1.29 is 19.1 Å². The zero-order valence-electron chi connectivity index (χ0n) is 13.9. The molecule has 0 unspecified atom stereocenters. The molecule has 1 saturated heterocycles. The van der Waals surface area contributed by atoms with Gasteiger partial charge in [-0.05, 0) is 31.2 Å². The summed E-state index contributed by atoms with van der Waals surface area (Å²) in [5.41, 5.74) is 1.15. The van der Waals surface area contributed by atoms with Crippen LogP contribution in [0.3, 0.4) is 0 Å². The van der Waals surface area contributed by atoms with Crippen molar-refractivity contribution in [2.45, 2.75) is 19.4 Å². The smallest absolute Gasteiger partial charge is 0.252 e. The van der Waals surface area contributed by atoms with Gasteiger partial charge in [0.1, 0.15) is 6.04 Å². The topological polar surface area (TPSA) is 100 Å². The molecule has 0 saturated carbocycles. The number of carbonyl (C=O) groups is 3. The number of guanidine groups is 1. The summed E-state index contributed by atoms with van der Waals surface area (Å²) in [7, 11) is 0. The molecule has 0 bridgehead atoms. The summed E-state index contributed by atoms with van der Waals surface area (Å²) in [4.78, 5) is 41.7. The number of rotatable bonds is 4. The van der Waals surface area contributed by atoms with Gasteiger partial charge in [0.25, 0.3) is 5.91 Å². The van der Waals surface area contributed by atoms with Crippen LogP contribution in [0.1, 0.15) is 23.7 Å². The summed E-state index contributed by atoms with van der Waals surface area (Å²) in [6.07, 6.45) is -0.0336. The first-order chi connectivity index (χ1) is 12.0. The molecule has 3 rings (SSSR count). The Morgan fingerprint density at radius 1 is 1.28 bits per heavy atom. The summed E-state index contributed by atoms with van der Waals surface area (Å²) in [6, 6.07) is 5.89. The molecule has 2 heterocycles. The summed E-state index contributed by atoms with van der Waals surface area (Å²) in [6.45, 7) is 4.00. The molecular weight excluding hydrogens is 324 g/mol. The zero-order valence-corrected chi connectivity index (χ0v) is 13.9. The first-order valence-electron chi connectivity index (χ1n) is 8.15. The predicted molar refractivity (Wildman–Crippen MR) is 91.5 cm³/mol. The van der Waals surface area contributed by atoms with E-state index in [0.717, 1.165) is 0 Å². The van der Waals surface area contributed by atoms with Gasteiger partial charge in [-0.2, -0.15) is 0 Å². The second-order valence-electron chi connectivity index (χ2n) is 5.94. The molecule has 0 aliphatic carbocycles. The maximum Gasteiger partial charge on any atom is 0.252 e. The Labute approximate surface area is 145 Å². The van der Waals surface area contributed by atoms with Gasteiger partial charge in [-0.25, -0.2) is 4.99 Å². The van der Waals surface area contributed by atoms with E-state index in [9.17, 15) is 14.4 Å². The third kappa shape index (κ3) is 4.21. The SMILES string of the molecule is CC(=O)c1ccc(NC(=O)C[C@@H]2N=C(N3CCOCC3)NC2=O)cc1. The highest BCUT2D eigenvalue weighted by Gasteiger charge is 2.31. The second-order valence-corrected chi connectivity index (χ2v) is 5.94. The Balaban J connectivity index is 1.57. The van der Waals surface area contributed by atoms with Gasteiger partial charge in [-0.1, -0.05) is 0 Å². The number of hydrogen-bond donors (Lipinski definition) is 2. The van der Waals surface area contributed by atoms with Crippen LogP contribution < -0.4 is 10.6 Å². The number of benzene rings is 1. The molecule has 0 aromatic heterocycles. The molecule has 8 heteroatoms. The number of hydrogen-bond acceptors (Lipinski definition) is 6. The Morgan fingerprint density at radius 2 is 1.96 bits per heavy atom. The Kier molecular flexibility index (Phi) is 5.08. The van der Waals surface area contributed by atoms with Crippen molar-refractivity contribution in [2.24, 2.45) is 4.99 Å². The Morgan fingerprint density at radius 3 is 2.60 bits per heavy atom. The average Bonchev–Trinajstić information content (AvgIpc) is 2.97. The van der Waals surface area contributed by atoms with Crippen LogP contribution in [-0.2, 0) is 14.3 Å². The van der Waals surface area contributed by atoms with E-state index in [4.69, 9.17) is 4.74 Å². The minimum absolute atomic E-state index is 0.0336. The van der Waals surface area contributed by atoms with Crippen molar-refractivity contribution in [2.75, 3.05) is 31.6 Å². The lowest BCUT2D eigenvalue weighted by Gasteiger charge is -2.27. The highest BCUT2D eigenvalue weighted by molar-refractivity contribution is 6.07. The summed E-state index contributed by atoms with van der Waals surface area (Å²) >= 11 is 0. The van der Waals surface area contributed by atoms with Crippen LogP contribution in [0.4, 0.5) is 5.69 Å². The van der Waals surface area contributed by atoms with Crippen LogP contribution in [0.2, 0.25) is 0 Å². The maximum absolute atomic E-state index is 12.2. The maximum atomic E-state index is 12.2. The fourth-order valence-electron chi connectivity index (χ4n) is 2.68. The number of nitrogens with one attached hydrogen (secondary N) is 2. The summed E-state index contributed by atoms with van der Waals surface area (Å²) in [5.74, 6) is -0.103. The van der Waals surface area contributed by atoms with Gasteiger partial charge in [0.15, 0.2) is 5.78 Å². The van der Waals surface area contributed by atoms with Gasteiger partial charge in [0.05, 0.1) is 19.6 Å². The van der Waals surface area contributed by atoms with E-state index in [0.29, 0.717) is 43.5 Å². The first kappa shape index (κ1) is 17.1. The molecule has 2 aliphatic rings. The molecule has 2 N–H and O–H groups in total. The van der Waals surface area contributed by atoms with Gasteiger partial charge in [0, 0.05) is 24.3 Å². The largest absolute Gasteiger partial charge is 0.378 e. The molecule has 132 valence electrons. The van der Waals surface area contributed by atoms with E-state index in [-0.39, 0.29) is 24.0 Å². The number of amides is 2. The zero-order chi connectivity index (χ0) is 17.8. The van der Waals surface area contributed by atoms with Crippen molar-refractivity contribution in [3.8, 4) is 0 Å². The Hall–Kier alpha value is -2.74. The van der Waals surface area contributed by atoms with Crippen molar-refractivity contribution in [1.82, 2.24) is 10.2 Å². The molecule has 1 atom stereocenters. The molecule has 8 nitrogen and oxygen atoms in total. The van der Waals surface area contributed by atoms with Crippen LogP contribution >= 0.6 is 0 Å². The minimum atomic E-state index is -0.727. The highest BCUT2D eigenvalue weighted by Crippen LogP contribution is 2.13. The van der Waals surface area contributed by atoms with E-state index < -0.39 is 6.04 Å². The summed E-state index contributed by atoms with van der Waals surface area (Å²) in [5, 5.41) is 5.44.